The Bertz CT molecular complexity index is 31.8. The monoisotopic (exact) mass is 511 g/mol. The summed E-state index contributed by atoms with van der Waals surface area (Å²) in [5, 5.41) is 0. The van der Waals surface area contributed by atoms with Crippen LogP contribution in [0.15, 0.2) is 0 Å². The average Bonchev–Trinajstić information content (AvgIpc) is 1.36. The van der Waals surface area contributed by atoms with E-state index in [4.69, 9.17) is 0 Å². The van der Waals surface area contributed by atoms with E-state index in [0.29, 0.717) is 0 Å². The van der Waals surface area contributed by atoms with Crippen LogP contribution in [0.5, 0.6) is 0 Å². The Kier molecular flexibility index (Phi) is 1.80. The van der Waals surface area contributed by atoms with Gasteiger partial charge in [0.15, 0.2) is 0 Å². The molecule has 0 heterocycles. The van der Waals surface area contributed by atoms with Gasteiger partial charge in [0.1, 0.15) is 0 Å². The summed E-state index contributed by atoms with van der Waals surface area (Å²) in [5.74, 6) is 0. The summed E-state index contributed by atoms with van der Waals surface area (Å²) in [6, 6.07) is 0.803. The molecule has 3 heteroatoms. The molecule has 0 aromatic heterocycles. The third kappa shape index (κ3) is 1.90. The van der Waals surface area contributed by atoms with Crippen molar-refractivity contribution >= 4 is 0 Å². The summed E-state index contributed by atoms with van der Waals surface area (Å²) in [7, 11) is 0. The quantitative estimate of drug-likeness (QED) is 0.501. The minimum absolute atomic E-state index is 0.762. The topological polar surface area (TPSA) is 3.24 Å². The minimum atomic E-state index is 0.762. The molecule has 0 N–H and O–H groups in total. The van der Waals surface area contributed by atoms with Gasteiger partial charge in [-0.1, -0.05) is 0 Å². The van der Waals surface area contributed by atoms with Crippen molar-refractivity contribution in [2.75, 3.05) is 0 Å². The Hall–Kier alpha value is -0.378. The Labute approximate surface area is 43.8 Å². The number of nitrogens with zero attached hydrogens (tertiary/aromatic N) is 1. The molecule has 0 saturated heterocycles. The van der Waals surface area contributed by atoms with Crippen molar-refractivity contribution in [2.24, 2.45) is 0 Å². The van der Waals surface area contributed by atoms with Gasteiger partial charge in [-0.15, -0.1) is 0 Å². The third-order valence-corrected chi connectivity index (χ3v) is 5.27. The predicted octanol–water partition coefficient (Wildman–Crippen LogP) is 0.623. The fraction of sp³-hybridized carbons (Fsp3) is 1.00. The van der Waals surface area contributed by atoms with Crippen LogP contribution in [0.25, 0.3) is 0 Å². The zero-order valence-corrected chi connectivity index (χ0v) is 13.2. The van der Waals surface area contributed by atoms with Gasteiger partial charge >= 0.3 is 43.3 Å². The van der Waals surface area contributed by atoms with Crippen molar-refractivity contribution in [3.05, 3.63) is 0 Å². The third-order valence-electron chi connectivity index (χ3n) is 0.560. The van der Waals surface area contributed by atoms with E-state index in [9.17, 15) is 0 Å². The molecule has 0 unspecified atom stereocenters. The van der Waals surface area contributed by atoms with Crippen molar-refractivity contribution in [3.8, 4) is 0 Å². The molecule has 0 aliphatic heterocycles. The molecule has 0 aliphatic carbocycles. The molecule has 0 aromatic carbocycles. The van der Waals surface area contributed by atoms with E-state index >= 15 is 0 Å². The van der Waals surface area contributed by atoms with Gasteiger partial charge in [-0.25, -0.2) is 0 Å². The first-order chi connectivity index (χ1) is 2.64. The van der Waals surface area contributed by atoms with Crippen LogP contribution < -0.4 is 0 Å². The molecular weight excluding hydrogens is 503 g/mol. The van der Waals surface area contributed by atoms with Crippen molar-refractivity contribution in [2.45, 2.75) is 19.9 Å². The standard InChI is InChI=1S/C3H7N.Re.Rf/c1-3(2)4;;/h3H,1-2H3;;. The predicted molar refractivity (Wildman–Crippen MR) is 17.0 cm³/mol. The second-order valence-corrected chi connectivity index (χ2v) is 13.6. The zero-order chi connectivity index (χ0) is 5.15. The van der Waals surface area contributed by atoms with Crippen LogP contribution in [0.3, 0.4) is 0 Å². The average molecular weight is 510 g/mol. The molecular formula is C3H7NReRf. The van der Waals surface area contributed by atoms with E-state index < -0.39 is 0 Å². The molecule has 0 rings (SSSR count). The molecule has 33 valence electrons. The van der Waals surface area contributed by atoms with Crippen LogP contribution in [-0.2, 0) is 19.4 Å². The van der Waals surface area contributed by atoms with Crippen LogP contribution >= 0.6 is 0 Å². The van der Waals surface area contributed by atoms with Gasteiger partial charge in [-0.3, -0.25) is 0 Å². The first-order valence-corrected chi connectivity index (χ1v) is 5.97. The molecule has 6 heavy (non-hydrogen) atoms. The summed E-state index contributed by atoms with van der Waals surface area (Å²) in [5.41, 5.74) is 0. The van der Waals surface area contributed by atoms with Crippen LogP contribution in [0.2, 0.25) is 0 Å². The van der Waals surface area contributed by atoms with Crippen molar-refractivity contribution in [3.63, 3.8) is 0 Å². The summed E-state index contributed by atoms with van der Waals surface area (Å²) < 4.78 is 3.19. The molecule has 0 amide bonds. The maximum absolute atomic E-state index is 2.43. The van der Waals surface area contributed by atoms with Gasteiger partial charge in [0.2, 0.25) is 0 Å². The fourth-order valence-corrected chi connectivity index (χ4v) is 0. The second-order valence-electron chi connectivity index (χ2n) is 1.49. The van der Waals surface area contributed by atoms with E-state index in [1.165, 1.54) is 0 Å². The molecule has 0 aliphatic rings. The Morgan fingerprint density at radius 3 is 1.83 bits per heavy atom. The molecule has 0 fully saturated rings. The maximum atomic E-state index is 2.43. The van der Waals surface area contributed by atoms with Crippen LogP contribution in [-0.4, -0.2) is 9.99 Å². The van der Waals surface area contributed by atoms with Gasteiger partial charge in [-0.05, 0) is 0 Å². The van der Waals surface area contributed by atoms with E-state index in [1.807, 2.05) is 19.4 Å². The van der Waals surface area contributed by atoms with Gasteiger partial charge in [-0.2, -0.15) is 0 Å². The van der Waals surface area contributed by atoms with E-state index in [1.54, 1.807) is 0 Å². The van der Waals surface area contributed by atoms with Gasteiger partial charge in [0.25, 0.3) is 0 Å². The fourth-order valence-electron chi connectivity index (χ4n) is 0. The van der Waals surface area contributed by atoms with E-state index in [0.717, 1.165) is 6.04 Å². The Balaban J connectivity index is 2.99. The number of rotatable bonds is 1. The summed E-state index contributed by atoms with van der Waals surface area (Å²) in [6.45, 7) is 4.47. The Morgan fingerprint density at radius 2 is 1.83 bits per heavy atom. The van der Waals surface area contributed by atoms with Gasteiger partial charge in [0, 0.05) is 0 Å². The summed E-state index contributed by atoms with van der Waals surface area (Å²) in [6.07, 6.45) is 0. The molecule has 0 saturated carbocycles. The zero-order valence-electron chi connectivity index (χ0n) is 4.11. The summed E-state index contributed by atoms with van der Waals surface area (Å²) >= 11 is 1.81. The number of hydrogen-bond donors (Lipinski definition) is 0. The molecule has 0 radical (unpaired) electrons. The molecule has 0 spiro atoms. The molecule has 0 atom stereocenters. The van der Waals surface area contributed by atoms with Crippen molar-refractivity contribution < 1.29 is 19.4 Å². The van der Waals surface area contributed by atoms with E-state index in [2.05, 4.69) is 17.8 Å². The number of hydrogen-bond acceptors (Lipinski definition) is 1. The van der Waals surface area contributed by atoms with Gasteiger partial charge in [0.05, 0.1) is 0 Å². The first-order valence-electron chi connectivity index (χ1n) is 1.90. The molecule has 1 nitrogen and oxygen atoms in total. The van der Waals surface area contributed by atoms with Crippen LogP contribution in [0, 0.1) is 0 Å². The van der Waals surface area contributed by atoms with Crippen molar-refractivity contribution in [1.82, 2.24) is 3.95 Å². The van der Waals surface area contributed by atoms with Crippen LogP contribution in [0.1, 0.15) is 13.8 Å². The second kappa shape index (κ2) is 1.92. The SMILES string of the molecule is CC(C)[N]([Re])[Rf]. The van der Waals surface area contributed by atoms with E-state index in [-0.39, 0.29) is 0 Å². The molecule has 0 aromatic rings. The first kappa shape index (κ1) is 5.62. The summed E-state index contributed by atoms with van der Waals surface area (Å²) in [4.78, 5) is 0. The Morgan fingerprint density at radius 1 is 1.67 bits per heavy atom. The molecule has 0 bridgehead atoms. The van der Waals surface area contributed by atoms with Crippen molar-refractivity contribution in [1.29, 1.82) is 0 Å². The van der Waals surface area contributed by atoms with Gasteiger partial charge < -0.3 is 0 Å². The van der Waals surface area contributed by atoms with Crippen LogP contribution in [0.4, 0.5) is 0 Å². The normalized spacial score (nSPS) is 11.2.